The summed E-state index contributed by atoms with van der Waals surface area (Å²) in [5.74, 6) is -0.721. The maximum Gasteiger partial charge on any atom is 0.317 e. The van der Waals surface area contributed by atoms with Gasteiger partial charge in [0.1, 0.15) is 0 Å². The van der Waals surface area contributed by atoms with Gasteiger partial charge in [-0.3, -0.25) is 9.69 Å². The van der Waals surface area contributed by atoms with Gasteiger partial charge in [0.15, 0.2) is 0 Å². The standard InChI is InChI=1S/C16H30N2O3/c1-3-18(11-15(19)20)14-9-13(10-14)17-12-16(5-4-6-16)7-8-21-2/h13-14,17H,3-12H2,1-2H3,(H,19,20). The molecule has 0 radical (unpaired) electrons. The quantitative estimate of drug-likeness (QED) is 0.643. The summed E-state index contributed by atoms with van der Waals surface area (Å²) in [7, 11) is 1.78. The molecule has 2 N–H and O–H groups in total. The Balaban J connectivity index is 1.66. The molecule has 0 unspecified atom stereocenters. The number of hydrogen-bond acceptors (Lipinski definition) is 4. The molecule has 0 amide bonds. The molecule has 2 aliphatic carbocycles. The maximum atomic E-state index is 10.8. The van der Waals surface area contributed by atoms with Crippen LogP contribution in [0.4, 0.5) is 0 Å². The Hall–Kier alpha value is -0.650. The molecular weight excluding hydrogens is 268 g/mol. The van der Waals surface area contributed by atoms with Gasteiger partial charge in [-0.2, -0.15) is 0 Å². The monoisotopic (exact) mass is 298 g/mol. The van der Waals surface area contributed by atoms with Crippen molar-refractivity contribution in [3.63, 3.8) is 0 Å². The van der Waals surface area contributed by atoms with Gasteiger partial charge in [0, 0.05) is 32.3 Å². The molecule has 0 bridgehead atoms. The van der Waals surface area contributed by atoms with Crippen molar-refractivity contribution in [1.82, 2.24) is 10.2 Å². The third-order valence-electron chi connectivity index (χ3n) is 5.39. The van der Waals surface area contributed by atoms with E-state index in [4.69, 9.17) is 9.84 Å². The third kappa shape index (κ3) is 4.41. The zero-order chi connectivity index (χ0) is 15.3. The first-order chi connectivity index (χ1) is 10.1. The van der Waals surface area contributed by atoms with Crippen LogP contribution in [-0.2, 0) is 9.53 Å². The number of hydrogen-bond donors (Lipinski definition) is 2. The van der Waals surface area contributed by atoms with E-state index >= 15 is 0 Å². The molecule has 5 heteroatoms. The molecule has 2 rings (SSSR count). The Morgan fingerprint density at radius 1 is 1.43 bits per heavy atom. The topological polar surface area (TPSA) is 61.8 Å². The van der Waals surface area contributed by atoms with E-state index in [0.717, 1.165) is 39.0 Å². The summed E-state index contributed by atoms with van der Waals surface area (Å²) in [6.45, 7) is 4.99. The summed E-state index contributed by atoms with van der Waals surface area (Å²) in [6, 6.07) is 1.01. The number of ether oxygens (including phenoxy) is 1. The first-order valence-electron chi connectivity index (χ1n) is 8.27. The fraction of sp³-hybridized carbons (Fsp3) is 0.938. The van der Waals surface area contributed by atoms with E-state index in [1.165, 1.54) is 19.3 Å². The van der Waals surface area contributed by atoms with E-state index < -0.39 is 5.97 Å². The van der Waals surface area contributed by atoms with E-state index in [9.17, 15) is 4.79 Å². The van der Waals surface area contributed by atoms with Crippen LogP contribution in [-0.4, -0.2) is 61.4 Å². The van der Waals surface area contributed by atoms with Gasteiger partial charge in [0.05, 0.1) is 6.54 Å². The van der Waals surface area contributed by atoms with Gasteiger partial charge >= 0.3 is 5.97 Å². The fourth-order valence-corrected chi connectivity index (χ4v) is 3.60. The van der Waals surface area contributed by atoms with Gasteiger partial charge in [0.2, 0.25) is 0 Å². The average molecular weight is 298 g/mol. The summed E-state index contributed by atoms with van der Waals surface area (Å²) < 4.78 is 5.23. The van der Waals surface area contributed by atoms with Gasteiger partial charge in [-0.05, 0) is 44.1 Å². The lowest BCUT2D eigenvalue weighted by atomic mass is 9.66. The molecule has 0 saturated heterocycles. The van der Waals surface area contributed by atoms with Crippen LogP contribution in [0.25, 0.3) is 0 Å². The molecule has 0 spiro atoms. The van der Waals surface area contributed by atoms with Crippen LogP contribution in [0.1, 0.15) is 45.4 Å². The van der Waals surface area contributed by atoms with Crippen LogP contribution in [0, 0.1) is 5.41 Å². The van der Waals surface area contributed by atoms with Crippen LogP contribution in [0.2, 0.25) is 0 Å². The number of rotatable bonds is 10. The molecule has 2 fully saturated rings. The molecule has 2 saturated carbocycles. The molecule has 5 nitrogen and oxygen atoms in total. The van der Waals surface area contributed by atoms with Crippen molar-refractivity contribution < 1.29 is 14.6 Å². The number of methoxy groups -OCH3 is 1. The van der Waals surface area contributed by atoms with E-state index in [-0.39, 0.29) is 6.54 Å². The van der Waals surface area contributed by atoms with Crippen LogP contribution in [0.5, 0.6) is 0 Å². The van der Waals surface area contributed by atoms with E-state index in [2.05, 4.69) is 10.2 Å². The van der Waals surface area contributed by atoms with Crippen LogP contribution in [0.15, 0.2) is 0 Å². The molecule has 2 aliphatic rings. The fourth-order valence-electron chi connectivity index (χ4n) is 3.60. The van der Waals surface area contributed by atoms with Crippen molar-refractivity contribution >= 4 is 5.97 Å². The van der Waals surface area contributed by atoms with E-state index in [1.54, 1.807) is 7.11 Å². The van der Waals surface area contributed by atoms with Crippen LogP contribution >= 0.6 is 0 Å². The Morgan fingerprint density at radius 3 is 2.62 bits per heavy atom. The van der Waals surface area contributed by atoms with Crippen LogP contribution in [0.3, 0.4) is 0 Å². The molecule has 21 heavy (non-hydrogen) atoms. The van der Waals surface area contributed by atoms with Crippen LogP contribution < -0.4 is 5.32 Å². The minimum Gasteiger partial charge on any atom is -0.480 e. The maximum absolute atomic E-state index is 10.8. The zero-order valence-electron chi connectivity index (χ0n) is 13.4. The number of nitrogens with zero attached hydrogens (tertiary/aromatic N) is 1. The number of aliphatic carboxylic acids is 1. The Labute approximate surface area is 128 Å². The lowest BCUT2D eigenvalue weighted by Crippen LogP contribution is -2.55. The first kappa shape index (κ1) is 16.7. The van der Waals surface area contributed by atoms with Gasteiger partial charge in [-0.1, -0.05) is 13.3 Å². The van der Waals surface area contributed by atoms with Gasteiger partial charge < -0.3 is 15.2 Å². The first-order valence-corrected chi connectivity index (χ1v) is 8.27. The molecule has 0 atom stereocenters. The Bertz CT molecular complexity index is 338. The molecule has 0 aromatic heterocycles. The summed E-state index contributed by atoms with van der Waals surface area (Å²) in [6.07, 6.45) is 7.32. The average Bonchev–Trinajstić information content (AvgIpc) is 2.36. The number of carboxylic acids is 1. The summed E-state index contributed by atoms with van der Waals surface area (Å²) in [5, 5.41) is 12.6. The molecule has 0 aromatic carbocycles. The minimum atomic E-state index is -0.721. The second-order valence-electron chi connectivity index (χ2n) is 6.76. The zero-order valence-corrected chi connectivity index (χ0v) is 13.4. The smallest absolute Gasteiger partial charge is 0.317 e. The Kier molecular flexibility index (Phi) is 6.02. The van der Waals surface area contributed by atoms with E-state index in [0.29, 0.717) is 17.5 Å². The van der Waals surface area contributed by atoms with Crippen molar-refractivity contribution in [2.45, 2.75) is 57.5 Å². The minimum absolute atomic E-state index is 0.172. The number of likely N-dealkylation sites (N-methyl/N-ethyl adjacent to an activating group) is 1. The molecule has 0 aromatic rings. The van der Waals surface area contributed by atoms with Crippen molar-refractivity contribution in [2.24, 2.45) is 5.41 Å². The highest BCUT2D eigenvalue weighted by Gasteiger charge is 2.39. The van der Waals surface area contributed by atoms with Gasteiger partial charge in [-0.25, -0.2) is 0 Å². The van der Waals surface area contributed by atoms with Gasteiger partial charge in [-0.15, -0.1) is 0 Å². The normalized spacial score (nSPS) is 27.2. The largest absolute Gasteiger partial charge is 0.480 e. The summed E-state index contributed by atoms with van der Waals surface area (Å²) in [5.41, 5.74) is 0.465. The number of carboxylic acid groups (broad SMARTS) is 1. The predicted octanol–water partition coefficient (Wildman–Crippen LogP) is 1.72. The second kappa shape index (κ2) is 7.56. The molecule has 122 valence electrons. The molecule has 0 aliphatic heterocycles. The van der Waals surface area contributed by atoms with Crippen molar-refractivity contribution in [3.05, 3.63) is 0 Å². The SMILES string of the molecule is CCN(CC(=O)O)C1CC(NCC2(CCOC)CCC2)C1. The lowest BCUT2D eigenvalue weighted by Gasteiger charge is -2.47. The van der Waals surface area contributed by atoms with Gasteiger partial charge in [0.25, 0.3) is 0 Å². The third-order valence-corrected chi connectivity index (χ3v) is 5.39. The van der Waals surface area contributed by atoms with Crippen molar-refractivity contribution in [1.29, 1.82) is 0 Å². The van der Waals surface area contributed by atoms with Crippen molar-refractivity contribution in [3.8, 4) is 0 Å². The molecule has 0 heterocycles. The Morgan fingerprint density at radius 2 is 2.14 bits per heavy atom. The summed E-state index contributed by atoms with van der Waals surface area (Å²) in [4.78, 5) is 12.9. The summed E-state index contributed by atoms with van der Waals surface area (Å²) >= 11 is 0. The highest BCUT2D eigenvalue weighted by atomic mass is 16.5. The van der Waals surface area contributed by atoms with E-state index in [1.807, 2.05) is 6.92 Å². The highest BCUT2D eigenvalue weighted by molar-refractivity contribution is 5.69. The lowest BCUT2D eigenvalue weighted by molar-refractivity contribution is -0.139. The highest BCUT2D eigenvalue weighted by Crippen LogP contribution is 2.43. The second-order valence-corrected chi connectivity index (χ2v) is 6.76. The predicted molar refractivity (Wildman–Crippen MR) is 82.5 cm³/mol. The number of nitrogens with one attached hydrogen (secondary N) is 1. The number of carbonyl (C=O) groups is 1. The molecular formula is C16H30N2O3. The van der Waals surface area contributed by atoms with Crippen molar-refractivity contribution in [2.75, 3.05) is 33.4 Å².